The fourth-order valence-corrected chi connectivity index (χ4v) is 2.14. The SMILES string of the molecule is COC(=O)c1nc2nccc(-c3ccc(F)cc3Cl)n2n1. The maximum absolute atomic E-state index is 13.1. The van der Waals surface area contributed by atoms with E-state index in [4.69, 9.17) is 11.6 Å². The van der Waals surface area contributed by atoms with Gasteiger partial charge in [-0.05, 0) is 24.3 Å². The first kappa shape index (κ1) is 13.4. The Morgan fingerprint density at radius 1 is 1.38 bits per heavy atom. The number of benzene rings is 1. The molecular formula is C13H8ClFN4O2. The molecule has 0 atom stereocenters. The van der Waals surface area contributed by atoms with Crippen molar-refractivity contribution < 1.29 is 13.9 Å². The van der Waals surface area contributed by atoms with Gasteiger partial charge in [0.1, 0.15) is 5.82 Å². The van der Waals surface area contributed by atoms with Gasteiger partial charge in [-0.3, -0.25) is 0 Å². The Hall–Kier alpha value is -2.54. The van der Waals surface area contributed by atoms with E-state index in [1.807, 2.05) is 0 Å². The lowest BCUT2D eigenvalue weighted by Gasteiger charge is -2.05. The van der Waals surface area contributed by atoms with Gasteiger partial charge >= 0.3 is 5.97 Å². The summed E-state index contributed by atoms with van der Waals surface area (Å²) >= 11 is 6.05. The Morgan fingerprint density at radius 2 is 2.19 bits per heavy atom. The third-order valence-electron chi connectivity index (χ3n) is 2.82. The Kier molecular flexibility index (Phi) is 3.26. The molecular weight excluding hydrogens is 299 g/mol. The van der Waals surface area contributed by atoms with E-state index in [1.54, 1.807) is 6.07 Å². The molecule has 3 aromatic rings. The second kappa shape index (κ2) is 5.10. The second-order valence-corrected chi connectivity index (χ2v) is 4.50. The molecule has 6 nitrogen and oxygen atoms in total. The molecule has 0 aliphatic heterocycles. The van der Waals surface area contributed by atoms with Crippen molar-refractivity contribution in [2.45, 2.75) is 0 Å². The van der Waals surface area contributed by atoms with Crippen LogP contribution in [0.25, 0.3) is 17.0 Å². The van der Waals surface area contributed by atoms with Crippen LogP contribution in [0.2, 0.25) is 5.02 Å². The van der Waals surface area contributed by atoms with Gasteiger partial charge in [-0.25, -0.2) is 14.2 Å². The molecule has 21 heavy (non-hydrogen) atoms. The minimum absolute atomic E-state index is 0.115. The van der Waals surface area contributed by atoms with Crippen LogP contribution in [0.5, 0.6) is 0 Å². The van der Waals surface area contributed by atoms with Gasteiger partial charge in [0.15, 0.2) is 0 Å². The van der Waals surface area contributed by atoms with E-state index in [2.05, 4.69) is 19.8 Å². The van der Waals surface area contributed by atoms with E-state index in [0.29, 0.717) is 11.3 Å². The summed E-state index contributed by atoms with van der Waals surface area (Å²) in [5.41, 5.74) is 1.08. The van der Waals surface area contributed by atoms with E-state index in [0.717, 1.165) is 0 Å². The first-order chi connectivity index (χ1) is 10.1. The van der Waals surface area contributed by atoms with Crippen molar-refractivity contribution in [3.05, 3.63) is 47.1 Å². The Balaban J connectivity index is 2.23. The van der Waals surface area contributed by atoms with Crippen LogP contribution in [0.1, 0.15) is 10.6 Å². The zero-order valence-corrected chi connectivity index (χ0v) is 11.5. The molecule has 0 aliphatic rings. The van der Waals surface area contributed by atoms with E-state index >= 15 is 0 Å². The average Bonchev–Trinajstić information content (AvgIpc) is 2.90. The maximum Gasteiger partial charge on any atom is 0.378 e. The van der Waals surface area contributed by atoms with Crippen LogP contribution in [0.3, 0.4) is 0 Å². The number of ether oxygens (including phenoxy) is 1. The van der Waals surface area contributed by atoms with Crippen molar-refractivity contribution in [2.24, 2.45) is 0 Å². The number of halogens is 2. The summed E-state index contributed by atoms with van der Waals surface area (Å²) in [5.74, 6) is -1.01. The highest BCUT2D eigenvalue weighted by Crippen LogP contribution is 2.28. The predicted molar refractivity (Wildman–Crippen MR) is 72.5 cm³/mol. The second-order valence-electron chi connectivity index (χ2n) is 4.09. The standard InChI is InChI=1S/C13H8ClFN4O2/c1-21-12(20)11-17-13-16-5-4-10(19(13)18-11)8-3-2-7(15)6-9(8)14/h2-6H,1H3. The number of aromatic nitrogens is 4. The molecule has 106 valence electrons. The monoisotopic (exact) mass is 306 g/mol. The van der Waals surface area contributed by atoms with Crippen molar-refractivity contribution >= 4 is 23.3 Å². The molecule has 0 aliphatic carbocycles. The van der Waals surface area contributed by atoms with Gasteiger partial charge in [0, 0.05) is 11.8 Å². The van der Waals surface area contributed by atoms with Crippen LogP contribution in [0.4, 0.5) is 4.39 Å². The predicted octanol–water partition coefficient (Wildman–Crippen LogP) is 2.37. The quantitative estimate of drug-likeness (QED) is 0.680. The van der Waals surface area contributed by atoms with Crippen LogP contribution in [-0.4, -0.2) is 32.7 Å². The number of nitrogens with zero attached hydrogens (tertiary/aromatic N) is 4. The molecule has 3 rings (SSSR count). The number of hydrogen-bond acceptors (Lipinski definition) is 5. The van der Waals surface area contributed by atoms with Crippen molar-refractivity contribution in [1.82, 2.24) is 19.6 Å². The smallest absolute Gasteiger partial charge is 0.378 e. The lowest BCUT2D eigenvalue weighted by Crippen LogP contribution is -2.04. The molecule has 0 unspecified atom stereocenters. The largest absolute Gasteiger partial charge is 0.463 e. The molecule has 1 aromatic carbocycles. The van der Waals surface area contributed by atoms with Gasteiger partial charge in [0.2, 0.25) is 0 Å². The molecule has 2 heterocycles. The van der Waals surface area contributed by atoms with E-state index in [9.17, 15) is 9.18 Å². The molecule has 0 radical (unpaired) electrons. The summed E-state index contributed by atoms with van der Waals surface area (Å²) in [6, 6.07) is 5.64. The highest BCUT2D eigenvalue weighted by molar-refractivity contribution is 6.33. The first-order valence-corrected chi connectivity index (χ1v) is 6.23. The minimum Gasteiger partial charge on any atom is -0.463 e. The van der Waals surface area contributed by atoms with E-state index in [1.165, 1.54) is 36.0 Å². The molecule has 0 spiro atoms. The molecule has 2 aromatic heterocycles. The van der Waals surface area contributed by atoms with Gasteiger partial charge in [0.25, 0.3) is 11.6 Å². The van der Waals surface area contributed by atoms with Crippen LogP contribution in [0.15, 0.2) is 30.5 Å². The fraction of sp³-hybridized carbons (Fsp3) is 0.0769. The summed E-state index contributed by atoms with van der Waals surface area (Å²) < 4.78 is 19.1. The van der Waals surface area contributed by atoms with E-state index < -0.39 is 11.8 Å². The molecule has 8 heteroatoms. The zero-order chi connectivity index (χ0) is 15.0. The normalized spacial score (nSPS) is 10.8. The zero-order valence-electron chi connectivity index (χ0n) is 10.7. The average molecular weight is 307 g/mol. The van der Waals surface area contributed by atoms with Gasteiger partial charge in [-0.15, -0.1) is 5.10 Å². The Morgan fingerprint density at radius 3 is 2.90 bits per heavy atom. The van der Waals surface area contributed by atoms with Gasteiger partial charge in [0.05, 0.1) is 17.8 Å². The number of methoxy groups -OCH3 is 1. The maximum atomic E-state index is 13.1. The van der Waals surface area contributed by atoms with Gasteiger partial charge in [-0.1, -0.05) is 11.6 Å². The van der Waals surface area contributed by atoms with Gasteiger partial charge < -0.3 is 4.74 Å². The van der Waals surface area contributed by atoms with Crippen molar-refractivity contribution in [3.63, 3.8) is 0 Å². The number of carbonyl (C=O) groups is 1. The number of fused-ring (bicyclic) bond motifs is 1. The summed E-state index contributed by atoms with van der Waals surface area (Å²) in [7, 11) is 1.24. The minimum atomic E-state index is -0.670. The lowest BCUT2D eigenvalue weighted by atomic mass is 10.1. The van der Waals surface area contributed by atoms with E-state index in [-0.39, 0.29) is 16.6 Å². The lowest BCUT2D eigenvalue weighted by molar-refractivity contribution is 0.0587. The first-order valence-electron chi connectivity index (χ1n) is 5.85. The van der Waals surface area contributed by atoms with Crippen molar-refractivity contribution in [2.75, 3.05) is 7.11 Å². The molecule has 0 saturated carbocycles. The molecule has 0 N–H and O–H groups in total. The Bertz CT molecular complexity index is 849. The highest BCUT2D eigenvalue weighted by atomic mass is 35.5. The van der Waals surface area contributed by atoms with Crippen molar-refractivity contribution in [1.29, 1.82) is 0 Å². The molecule has 0 amide bonds. The topological polar surface area (TPSA) is 69.4 Å². The van der Waals surface area contributed by atoms with Crippen LogP contribution >= 0.6 is 11.6 Å². The molecule has 0 bridgehead atoms. The molecule has 0 saturated heterocycles. The third-order valence-corrected chi connectivity index (χ3v) is 3.13. The number of hydrogen-bond donors (Lipinski definition) is 0. The van der Waals surface area contributed by atoms with Crippen LogP contribution in [-0.2, 0) is 4.74 Å². The third kappa shape index (κ3) is 2.31. The number of esters is 1. The fourth-order valence-electron chi connectivity index (χ4n) is 1.87. The highest BCUT2D eigenvalue weighted by Gasteiger charge is 2.17. The molecule has 0 fully saturated rings. The summed E-state index contributed by atoms with van der Waals surface area (Å²) in [4.78, 5) is 19.5. The van der Waals surface area contributed by atoms with Crippen LogP contribution < -0.4 is 0 Å². The van der Waals surface area contributed by atoms with Crippen molar-refractivity contribution in [3.8, 4) is 11.3 Å². The van der Waals surface area contributed by atoms with Crippen LogP contribution in [0, 0.1) is 5.82 Å². The summed E-state index contributed by atoms with van der Waals surface area (Å²) in [6.45, 7) is 0. The Labute approximate surface area is 123 Å². The number of rotatable bonds is 2. The summed E-state index contributed by atoms with van der Waals surface area (Å²) in [6.07, 6.45) is 1.50. The number of carbonyl (C=O) groups excluding carboxylic acids is 1. The van der Waals surface area contributed by atoms with Gasteiger partial charge in [-0.2, -0.15) is 9.50 Å². The summed E-state index contributed by atoms with van der Waals surface area (Å²) in [5, 5.41) is 4.26.